The lowest BCUT2D eigenvalue weighted by molar-refractivity contribution is -0.137. The Morgan fingerprint density at radius 1 is 0.977 bits per heavy atom. The molecule has 4 N–H and O–H groups in total. The lowest BCUT2D eigenvalue weighted by Gasteiger charge is -2.15. The van der Waals surface area contributed by atoms with Crippen LogP contribution in [0.5, 0.6) is 0 Å². The van der Waals surface area contributed by atoms with E-state index in [2.05, 4.69) is 36.2 Å². The highest BCUT2D eigenvalue weighted by Gasteiger charge is 2.31. The second kappa shape index (κ2) is 11.0. The zero-order valence-electron chi connectivity index (χ0n) is 22.9. The maximum Gasteiger partial charge on any atom is 0.416 e. The molecular weight excluding hydrogens is 581 g/mol. The molecule has 2 aromatic carbocycles. The Kier molecular flexibility index (Phi) is 7.22. The first kappa shape index (κ1) is 28.2. The minimum Gasteiger partial charge on any atom is -0.366 e. The Balaban J connectivity index is 1.18. The first-order chi connectivity index (χ1) is 20.5. The number of carbonyl (C=O) groups excluding carboxylic acids is 2. The van der Waals surface area contributed by atoms with E-state index in [0.29, 0.717) is 40.0 Å². The fraction of sp³-hybridized carbons (Fsp3) is 0.207. The third-order valence-electron chi connectivity index (χ3n) is 6.77. The van der Waals surface area contributed by atoms with Crippen LogP contribution in [0, 0.1) is 13.8 Å². The van der Waals surface area contributed by atoms with Gasteiger partial charge in [-0.05, 0) is 62.6 Å². The number of benzene rings is 2. The van der Waals surface area contributed by atoms with Gasteiger partial charge in [0.1, 0.15) is 12.1 Å². The number of aryl methyl sites for hydroxylation is 2. The number of nitrogens with one attached hydrogen (secondary N) is 4. The van der Waals surface area contributed by atoms with Crippen LogP contribution in [0.15, 0.2) is 60.6 Å². The maximum absolute atomic E-state index is 13.6. The first-order valence-electron chi connectivity index (χ1n) is 13.3. The summed E-state index contributed by atoms with van der Waals surface area (Å²) in [5.41, 5.74) is 2.28. The molecule has 3 aromatic heterocycles. The van der Waals surface area contributed by atoms with Crippen molar-refractivity contribution in [3.05, 3.63) is 83.0 Å². The maximum atomic E-state index is 13.6. The predicted molar refractivity (Wildman–Crippen MR) is 159 cm³/mol. The molecule has 0 atom stereocenters. The number of fused-ring (bicyclic) bond motifs is 1. The number of aromatic nitrogens is 4. The van der Waals surface area contributed by atoms with Crippen molar-refractivity contribution in [2.75, 3.05) is 21.3 Å². The second-order valence-corrected chi connectivity index (χ2v) is 11.1. The summed E-state index contributed by atoms with van der Waals surface area (Å²) in [6.07, 6.45) is 1.94. The molecule has 6 rings (SSSR count). The van der Waals surface area contributed by atoms with Crippen LogP contribution in [0.25, 0.3) is 15.9 Å². The number of alkyl halides is 3. The Hall–Kier alpha value is -4.98. The summed E-state index contributed by atoms with van der Waals surface area (Å²) in [6, 6.07) is 7.79. The van der Waals surface area contributed by atoms with Crippen molar-refractivity contribution in [1.82, 2.24) is 19.5 Å². The molecule has 1 saturated carbocycles. The Labute approximate surface area is 247 Å². The standard InChI is InChI=1S/C29H25F3N8O2S/c1-15-3-4-19(10-23(15)39-27(41)22-12-43-25-24(22)33-13-34-26(25)36-18-5-6-18)37-28(42)38-20-7-17(29(30,31)32)8-21(9-20)40-11-16(2)35-14-40/h3-4,7-14,18H,5-6H2,1-2H3,(H,39,41)(H,33,34,36)(H2,37,38,42). The molecule has 0 unspecified atom stereocenters. The zero-order chi connectivity index (χ0) is 30.3. The number of hydrogen-bond donors (Lipinski definition) is 4. The van der Waals surface area contributed by atoms with Crippen molar-refractivity contribution in [1.29, 1.82) is 0 Å². The Morgan fingerprint density at radius 2 is 1.77 bits per heavy atom. The topological polar surface area (TPSA) is 126 Å². The summed E-state index contributed by atoms with van der Waals surface area (Å²) in [5, 5.41) is 13.1. The number of urea groups is 1. The van der Waals surface area contributed by atoms with Crippen LogP contribution >= 0.6 is 11.3 Å². The summed E-state index contributed by atoms with van der Waals surface area (Å²) < 4.78 is 43.0. The van der Waals surface area contributed by atoms with Gasteiger partial charge in [0.25, 0.3) is 5.91 Å². The van der Waals surface area contributed by atoms with Gasteiger partial charge in [-0.25, -0.2) is 19.7 Å². The molecule has 3 amide bonds. The highest BCUT2D eigenvalue weighted by atomic mass is 32.1. The summed E-state index contributed by atoms with van der Waals surface area (Å²) in [4.78, 5) is 38.8. The van der Waals surface area contributed by atoms with E-state index in [1.807, 2.05) is 0 Å². The number of thiophene rings is 1. The zero-order valence-corrected chi connectivity index (χ0v) is 23.7. The number of halogens is 3. The largest absolute Gasteiger partial charge is 0.416 e. The van der Waals surface area contributed by atoms with E-state index >= 15 is 0 Å². The van der Waals surface area contributed by atoms with E-state index in [9.17, 15) is 22.8 Å². The first-order valence-corrected chi connectivity index (χ1v) is 14.1. The van der Waals surface area contributed by atoms with E-state index < -0.39 is 17.8 Å². The molecule has 10 nitrogen and oxygen atoms in total. The molecule has 43 heavy (non-hydrogen) atoms. The third kappa shape index (κ3) is 6.28. The predicted octanol–water partition coefficient (Wildman–Crippen LogP) is 6.98. The molecule has 0 radical (unpaired) electrons. The van der Waals surface area contributed by atoms with Gasteiger partial charge in [-0.3, -0.25) is 4.79 Å². The lowest BCUT2D eigenvalue weighted by Crippen LogP contribution is -2.20. The van der Waals surface area contributed by atoms with Gasteiger partial charge in [-0.15, -0.1) is 11.3 Å². The Morgan fingerprint density at radius 3 is 2.49 bits per heavy atom. The number of hydrogen-bond acceptors (Lipinski definition) is 7. The number of anilines is 4. The minimum atomic E-state index is -4.63. The molecule has 3 heterocycles. The molecule has 0 bridgehead atoms. The highest BCUT2D eigenvalue weighted by Crippen LogP contribution is 2.34. The van der Waals surface area contributed by atoms with Crippen LogP contribution < -0.4 is 21.3 Å². The van der Waals surface area contributed by atoms with Crippen molar-refractivity contribution in [2.24, 2.45) is 0 Å². The fourth-order valence-corrected chi connectivity index (χ4v) is 5.36. The van der Waals surface area contributed by atoms with Crippen molar-refractivity contribution < 1.29 is 22.8 Å². The van der Waals surface area contributed by atoms with Crippen LogP contribution in [0.1, 0.15) is 40.0 Å². The summed E-state index contributed by atoms with van der Waals surface area (Å²) in [7, 11) is 0. The normalized spacial score (nSPS) is 13.1. The van der Waals surface area contributed by atoms with Gasteiger partial charge in [0.2, 0.25) is 0 Å². The van der Waals surface area contributed by atoms with E-state index in [0.717, 1.165) is 35.2 Å². The fourth-order valence-electron chi connectivity index (χ4n) is 4.41. The van der Waals surface area contributed by atoms with Gasteiger partial charge in [0, 0.05) is 40.4 Å². The minimum absolute atomic E-state index is 0.0591. The molecule has 14 heteroatoms. The summed E-state index contributed by atoms with van der Waals surface area (Å²) in [6.45, 7) is 3.52. The molecule has 220 valence electrons. The second-order valence-electron chi connectivity index (χ2n) is 10.2. The van der Waals surface area contributed by atoms with Crippen LogP contribution in [0.3, 0.4) is 0 Å². The van der Waals surface area contributed by atoms with E-state index in [1.54, 1.807) is 43.6 Å². The molecular formula is C29H25F3N8O2S. The molecule has 0 spiro atoms. The number of rotatable bonds is 7. The van der Waals surface area contributed by atoms with E-state index in [1.165, 1.54) is 34.6 Å². The monoisotopic (exact) mass is 606 g/mol. The van der Waals surface area contributed by atoms with E-state index in [-0.39, 0.29) is 17.3 Å². The quantitative estimate of drug-likeness (QED) is 0.158. The van der Waals surface area contributed by atoms with Gasteiger partial charge >= 0.3 is 12.2 Å². The van der Waals surface area contributed by atoms with E-state index in [4.69, 9.17) is 0 Å². The molecule has 1 aliphatic carbocycles. The third-order valence-corrected chi connectivity index (χ3v) is 7.75. The van der Waals surface area contributed by atoms with Crippen LogP contribution in [0.2, 0.25) is 0 Å². The van der Waals surface area contributed by atoms with Crippen molar-refractivity contribution in [3.8, 4) is 5.69 Å². The van der Waals surface area contributed by atoms with Gasteiger partial charge in [0.15, 0.2) is 0 Å². The number of amides is 3. The summed E-state index contributed by atoms with van der Waals surface area (Å²) >= 11 is 1.38. The van der Waals surface area contributed by atoms with Gasteiger partial charge in [-0.1, -0.05) is 6.07 Å². The van der Waals surface area contributed by atoms with Crippen LogP contribution in [-0.2, 0) is 6.18 Å². The van der Waals surface area contributed by atoms with Crippen LogP contribution in [0.4, 0.5) is 40.8 Å². The lowest BCUT2D eigenvalue weighted by atomic mass is 10.1. The molecule has 0 saturated heterocycles. The van der Waals surface area contributed by atoms with Crippen molar-refractivity contribution in [2.45, 2.75) is 38.9 Å². The number of imidazole rings is 1. The van der Waals surface area contributed by atoms with Crippen molar-refractivity contribution in [3.63, 3.8) is 0 Å². The highest BCUT2D eigenvalue weighted by molar-refractivity contribution is 7.18. The van der Waals surface area contributed by atoms with Gasteiger partial charge in [0.05, 0.1) is 33.4 Å². The van der Waals surface area contributed by atoms with Crippen LogP contribution in [-0.4, -0.2) is 37.5 Å². The summed E-state index contributed by atoms with van der Waals surface area (Å²) in [5.74, 6) is 0.330. The number of carbonyl (C=O) groups is 2. The van der Waals surface area contributed by atoms with Gasteiger partial charge < -0.3 is 25.8 Å². The molecule has 5 aromatic rings. The van der Waals surface area contributed by atoms with Gasteiger partial charge in [-0.2, -0.15) is 13.2 Å². The SMILES string of the molecule is Cc1cn(-c2cc(NC(=O)Nc3ccc(C)c(NC(=O)c4csc5c(NC6CC6)ncnc45)c3)cc(C(F)(F)F)c2)cn1. The molecule has 1 aliphatic rings. The average molecular weight is 607 g/mol. The van der Waals surface area contributed by atoms with Crippen molar-refractivity contribution >= 4 is 56.4 Å². The molecule has 0 aliphatic heterocycles. The Bertz CT molecular complexity index is 1860. The smallest absolute Gasteiger partial charge is 0.366 e. The average Bonchev–Trinajstić information content (AvgIpc) is 3.48. The molecule has 1 fully saturated rings. The number of nitrogens with zero attached hydrogens (tertiary/aromatic N) is 4.